The molecule has 1 amide bonds. The van der Waals surface area contributed by atoms with E-state index in [-0.39, 0.29) is 30.7 Å². The summed E-state index contributed by atoms with van der Waals surface area (Å²) in [5, 5.41) is 17.2. The fraction of sp³-hybridized carbons (Fsp3) is 0.115. The van der Waals surface area contributed by atoms with Crippen LogP contribution in [-0.4, -0.2) is 28.5 Å². The Kier molecular flexibility index (Phi) is 7.89. The number of hydrogen-bond acceptors (Lipinski definition) is 5. The van der Waals surface area contributed by atoms with Crippen molar-refractivity contribution in [2.24, 2.45) is 0 Å². The quantitative estimate of drug-likeness (QED) is 0.232. The average molecular weight is 554 g/mol. The van der Waals surface area contributed by atoms with E-state index in [1.54, 1.807) is 30.3 Å². The van der Waals surface area contributed by atoms with Crippen molar-refractivity contribution in [2.75, 3.05) is 11.9 Å². The predicted octanol–water partition coefficient (Wildman–Crippen LogP) is 6.12. The van der Waals surface area contributed by atoms with Crippen LogP contribution >= 0.6 is 27.3 Å². The first-order valence-corrected chi connectivity index (χ1v) is 12.4. The van der Waals surface area contributed by atoms with Crippen molar-refractivity contribution in [3.8, 4) is 11.3 Å². The lowest BCUT2D eigenvalue weighted by Crippen LogP contribution is -2.26. The Hall–Kier alpha value is -3.56. The summed E-state index contributed by atoms with van der Waals surface area (Å²) in [6.07, 6.45) is -0.137. The Morgan fingerprint density at radius 1 is 1.00 bits per heavy atom. The minimum atomic E-state index is -0.968. The summed E-state index contributed by atoms with van der Waals surface area (Å²) in [5.41, 5.74) is 3.31. The Bertz CT molecular complexity index is 1330. The number of carbonyl (C=O) groups is 2. The van der Waals surface area contributed by atoms with Gasteiger partial charge in [0, 0.05) is 27.5 Å². The number of aliphatic carboxylic acids is 1. The first-order chi connectivity index (χ1) is 16.9. The van der Waals surface area contributed by atoms with Gasteiger partial charge in [0.1, 0.15) is 5.82 Å². The zero-order valence-electron chi connectivity index (χ0n) is 18.4. The van der Waals surface area contributed by atoms with Crippen LogP contribution in [-0.2, 0) is 4.79 Å². The third-order valence-electron chi connectivity index (χ3n) is 5.26. The van der Waals surface area contributed by atoms with Gasteiger partial charge in [-0.2, -0.15) is 0 Å². The molecule has 1 unspecified atom stereocenters. The van der Waals surface area contributed by atoms with E-state index in [1.165, 1.54) is 17.4 Å². The molecule has 0 radical (unpaired) electrons. The number of nitrogens with zero attached hydrogens (tertiary/aromatic N) is 1. The van der Waals surface area contributed by atoms with Crippen molar-refractivity contribution in [1.82, 2.24) is 10.3 Å². The highest BCUT2D eigenvalue weighted by atomic mass is 79.9. The molecule has 6 nitrogen and oxygen atoms in total. The van der Waals surface area contributed by atoms with Gasteiger partial charge in [-0.3, -0.25) is 9.59 Å². The smallest absolute Gasteiger partial charge is 0.305 e. The van der Waals surface area contributed by atoms with Crippen molar-refractivity contribution in [3.63, 3.8) is 0 Å². The highest BCUT2D eigenvalue weighted by Crippen LogP contribution is 2.32. The number of hydrogen-bond donors (Lipinski definition) is 3. The molecule has 0 aliphatic heterocycles. The maximum absolute atomic E-state index is 14.2. The number of nitrogens with one attached hydrogen (secondary N) is 2. The van der Waals surface area contributed by atoms with Gasteiger partial charge >= 0.3 is 5.97 Å². The Morgan fingerprint density at radius 3 is 2.31 bits per heavy atom. The molecular weight excluding hydrogens is 533 g/mol. The summed E-state index contributed by atoms with van der Waals surface area (Å²) in [6, 6.07) is 21.2. The van der Waals surface area contributed by atoms with E-state index in [9.17, 15) is 14.0 Å². The molecule has 0 bridgehead atoms. The molecule has 0 saturated carbocycles. The number of carboxylic acids is 1. The first kappa shape index (κ1) is 24.6. The van der Waals surface area contributed by atoms with Crippen LogP contribution in [0, 0.1) is 5.82 Å². The second-order valence-corrected chi connectivity index (χ2v) is 9.44. The maximum Gasteiger partial charge on any atom is 0.305 e. The fourth-order valence-corrected chi connectivity index (χ4v) is 4.49. The molecule has 1 atom stereocenters. The van der Waals surface area contributed by atoms with Crippen molar-refractivity contribution in [2.45, 2.75) is 12.5 Å². The van der Waals surface area contributed by atoms with E-state index in [4.69, 9.17) is 5.11 Å². The molecule has 3 N–H and O–H groups in total. The molecule has 0 aliphatic carbocycles. The van der Waals surface area contributed by atoms with Crippen molar-refractivity contribution in [1.29, 1.82) is 0 Å². The molecule has 4 aromatic rings. The van der Waals surface area contributed by atoms with Gasteiger partial charge in [0.2, 0.25) is 0 Å². The maximum atomic E-state index is 14.2. The van der Waals surface area contributed by atoms with Crippen LogP contribution in [0.15, 0.2) is 82.6 Å². The molecule has 1 heterocycles. The SMILES string of the molecule is O=C(O)CCNC(=O)c1ccc(C(Nc2nc(-c3ccccc3F)cs2)c2ccc(Br)cc2)cc1. The molecule has 178 valence electrons. The number of amides is 1. The number of carboxylic acid groups (broad SMARTS) is 1. The number of aromatic nitrogens is 1. The van der Waals surface area contributed by atoms with Crippen molar-refractivity contribution in [3.05, 3.63) is 105 Å². The predicted molar refractivity (Wildman–Crippen MR) is 138 cm³/mol. The van der Waals surface area contributed by atoms with Gasteiger partial charge in [-0.25, -0.2) is 9.37 Å². The number of thiazole rings is 1. The summed E-state index contributed by atoms with van der Waals surface area (Å²) in [5.74, 6) is -1.63. The van der Waals surface area contributed by atoms with E-state index in [0.717, 1.165) is 15.6 Å². The lowest BCUT2D eigenvalue weighted by Gasteiger charge is -2.20. The van der Waals surface area contributed by atoms with Crippen LogP contribution in [0.2, 0.25) is 0 Å². The molecule has 0 fully saturated rings. The molecule has 3 aromatic carbocycles. The van der Waals surface area contributed by atoms with E-state index >= 15 is 0 Å². The van der Waals surface area contributed by atoms with Gasteiger partial charge in [-0.05, 0) is 47.5 Å². The summed E-state index contributed by atoms with van der Waals surface area (Å²) in [7, 11) is 0. The van der Waals surface area contributed by atoms with E-state index in [1.807, 2.05) is 41.8 Å². The average Bonchev–Trinajstić information content (AvgIpc) is 3.32. The highest BCUT2D eigenvalue weighted by Gasteiger charge is 2.18. The van der Waals surface area contributed by atoms with Crippen molar-refractivity contribution < 1.29 is 19.1 Å². The largest absolute Gasteiger partial charge is 0.481 e. The zero-order valence-corrected chi connectivity index (χ0v) is 20.8. The molecule has 1 aromatic heterocycles. The summed E-state index contributed by atoms with van der Waals surface area (Å²) in [6.45, 7) is 0.0629. The third-order valence-corrected chi connectivity index (χ3v) is 6.56. The summed E-state index contributed by atoms with van der Waals surface area (Å²) >= 11 is 4.84. The molecule has 0 aliphatic rings. The molecular formula is C26H21BrFN3O3S. The minimum absolute atomic E-state index is 0.0629. The van der Waals surface area contributed by atoms with Crippen LogP contribution in [0.3, 0.4) is 0 Å². The normalized spacial score (nSPS) is 11.6. The van der Waals surface area contributed by atoms with Gasteiger partial charge in [0.25, 0.3) is 5.91 Å². The monoisotopic (exact) mass is 553 g/mol. The molecule has 35 heavy (non-hydrogen) atoms. The van der Waals surface area contributed by atoms with E-state index < -0.39 is 5.97 Å². The van der Waals surface area contributed by atoms with Gasteiger partial charge in [0.15, 0.2) is 5.13 Å². The van der Waals surface area contributed by atoms with Gasteiger partial charge in [-0.1, -0.05) is 52.3 Å². The first-order valence-electron chi connectivity index (χ1n) is 10.7. The second-order valence-electron chi connectivity index (χ2n) is 7.67. The topological polar surface area (TPSA) is 91.3 Å². The summed E-state index contributed by atoms with van der Waals surface area (Å²) < 4.78 is 15.2. The Balaban J connectivity index is 1.57. The van der Waals surface area contributed by atoms with Gasteiger partial charge in [0.05, 0.1) is 18.2 Å². The molecule has 4 rings (SSSR count). The lowest BCUT2D eigenvalue weighted by atomic mass is 9.97. The minimum Gasteiger partial charge on any atom is -0.481 e. The highest BCUT2D eigenvalue weighted by molar-refractivity contribution is 9.10. The molecule has 0 spiro atoms. The zero-order chi connectivity index (χ0) is 24.8. The molecule has 9 heteroatoms. The van der Waals surface area contributed by atoms with Gasteiger partial charge in [-0.15, -0.1) is 11.3 Å². The number of anilines is 1. The Labute approximate surface area is 214 Å². The third kappa shape index (κ3) is 6.32. The Morgan fingerprint density at radius 2 is 1.66 bits per heavy atom. The fourth-order valence-electron chi connectivity index (χ4n) is 3.48. The van der Waals surface area contributed by atoms with E-state index in [2.05, 4.69) is 31.5 Å². The summed E-state index contributed by atoms with van der Waals surface area (Å²) in [4.78, 5) is 27.6. The number of rotatable bonds is 9. The van der Waals surface area contributed by atoms with Crippen LogP contribution in [0.25, 0.3) is 11.3 Å². The standard InChI is InChI=1S/C26H21BrFN3O3S/c27-19-11-9-17(10-12-19)24(16-5-7-18(8-6-16)25(34)29-14-13-23(32)33)31-26-30-22(15-35-26)20-3-1-2-4-21(20)28/h1-12,15,24H,13-14H2,(H,29,34)(H,30,31)(H,32,33). The van der Waals surface area contributed by atoms with Crippen LogP contribution in [0.4, 0.5) is 9.52 Å². The van der Waals surface area contributed by atoms with Crippen molar-refractivity contribution >= 4 is 44.3 Å². The number of benzene rings is 3. The second kappa shape index (κ2) is 11.2. The number of halogens is 2. The van der Waals surface area contributed by atoms with Gasteiger partial charge < -0.3 is 15.7 Å². The van der Waals surface area contributed by atoms with E-state index in [0.29, 0.717) is 22.0 Å². The van der Waals surface area contributed by atoms with Crippen LogP contribution in [0.1, 0.15) is 33.9 Å². The van der Waals surface area contributed by atoms with Crippen LogP contribution in [0.5, 0.6) is 0 Å². The number of carbonyl (C=O) groups excluding carboxylic acids is 1. The van der Waals surface area contributed by atoms with Crippen LogP contribution < -0.4 is 10.6 Å². The lowest BCUT2D eigenvalue weighted by molar-refractivity contribution is -0.136. The molecule has 0 saturated heterocycles.